The minimum Gasteiger partial charge on any atom is -0.454 e. The average Bonchev–Trinajstić information content (AvgIpc) is 3.51. The standard InChI is InChI=1S/C27H31N3O5/c1-3-28-17-22(20-7-5-6-8-23(20)28)21(19-9-10-24-25(15-19)35-18-34-24)16-26(31)29-11-13-30(14-12-29)27(32)33-4-2/h5-10,15,17,21H,3-4,11-14,16,18H2,1-2H3. The Morgan fingerprint density at radius 3 is 2.49 bits per heavy atom. The fourth-order valence-corrected chi connectivity index (χ4v) is 5.01. The molecule has 35 heavy (non-hydrogen) atoms. The lowest BCUT2D eigenvalue weighted by Gasteiger charge is -2.34. The van der Waals surface area contributed by atoms with Crippen LogP contribution in [0.25, 0.3) is 10.9 Å². The summed E-state index contributed by atoms with van der Waals surface area (Å²) in [6.07, 6.45) is 2.19. The topological polar surface area (TPSA) is 73.2 Å². The SMILES string of the molecule is CCOC(=O)N1CCN(C(=O)CC(c2ccc3c(c2)OCO3)c2cn(CC)c3ccccc23)CC1. The highest BCUT2D eigenvalue weighted by Crippen LogP contribution is 2.40. The first-order chi connectivity index (χ1) is 17.1. The smallest absolute Gasteiger partial charge is 0.409 e. The van der Waals surface area contributed by atoms with Crippen molar-refractivity contribution in [2.24, 2.45) is 0 Å². The molecule has 2 amide bonds. The van der Waals surface area contributed by atoms with Crippen LogP contribution in [0.2, 0.25) is 0 Å². The summed E-state index contributed by atoms with van der Waals surface area (Å²) in [7, 11) is 0. The maximum absolute atomic E-state index is 13.5. The number of rotatable bonds is 6. The van der Waals surface area contributed by atoms with Gasteiger partial charge in [0.2, 0.25) is 12.7 Å². The highest BCUT2D eigenvalue weighted by Gasteiger charge is 2.29. The van der Waals surface area contributed by atoms with Gasteiger partial charge in [0.15, 0.2) is 11.5 Å². The van der Waals surface area contributed by atoms with Gasteiger partial charge in [0.05, 0.1) is 6.61 Å². The third-order valence-electron chi connectivity index (χ3n) is 6.87. The van der Waals surface area contributed by atoms with Crippen molar-refractivity contribution in [1.29, 1.82) is 0 Å². The number of carbonyl (C=O) groups excluding carboxylic acids is 2. The van der Waals surface area contributed by atoms with E-state index < -0.39 is 0 Å². The van der Waals surface area contributed by atoms with E-state index in [2.05, 4.69) is 29.8 Å². The maximum Gasteiger partial charge on any atom is 0.409 e. The second-order valence-corrected chi connectivity index (χ2v) is 8.82. The number of nitrogens with zero attached hydrogens (tertiary/aromatic N) is 3. The Kier molecular flexibility index (Phi) is 6.53. The Hall–Kier alpha value is -3.68. The molecule has 0 aliphatic carbocycles. The van der Waals surface area contributed by atoms with Crippen LogP contribution in [0.3, 0.4) is 0 Å². The molecule has 1 atom stereocenters. The van der Waals surface area contributed by atoms with E-state index in [1.807, 2.05) is 35.2 Å². The zero-order chi connectivity index (χ0) is 24.4. The Bertz CT molecular complexity index is 1230. The second kappa shape index (κ2) is 9.90. The third kappa shape index (κ3) is 4.52. The predicted molar refractivity (Wildman–Crippen MR) is 132 cm³/mol. The van der Waals surface area contributed by atoms with Crippen LogP contribution in [0.15, 0.2) is 48.7 Å². The van der Waals surface area contributed by atoms with Gasteiger partial charge in [0, 0.05) is 62.2 Å². The highest BCUT2D eigenvalue weighted by atomic mass is 16.7. The summed E-state index contributed by atoms with van der Waals surface area (Å²) < 4.78 is 18.5. The summed E-state index contributed by atoms with van der Waals surface area (Å²) in [5.41, 5.74) is 3.30. The first-order valence-corrected chi connectivity index (χ1v) is 12.3. The van der Waals surface area contributed by atoms with Gasteiger partial charge in [-0.3, -0.25) is 4.79 Å². The molecule has 3 heterocycles. The molecule has 184 valence electrons. The van der Waals surface area contributed by atoms with Gasteiger partial charge in [0.25, 0.3) is 0 Å². The van der Waals surface area contributed by atoms with Gasteiger partial charge in [0.1, 0.15) is 0 Å². The molecule has 0 bridgehead atoms. The van der Waals surface area contributed by atoms with Crippen molar-refractivity contribution in [3.05, 3.63) is 59.8 Å². The zero-order valence-corrected chi connectivity index (χ0v) is 20.2. The predicted octanol–water partition coefficient (Wildman–Crippen LogP) is 4.21. The quantitative estimate of drug-likeness (QED) is 0.532. The van der Waals surface area contributed by atoms with E-state index in [0.717, 1.165) is 34.3 Å². The third-order valence-corrected chi connectivity index (χ3v) is 6.87. The first-order valence-electron chi connectivity index (χ1n) is 12.3. The van der Waals surface area contributed by atoms with E-state index in [0.29, 0.717) is 45.0 Å². The van der Waals surface area contributed by atoms with E-state index >= 15 is 0 Å². The molecule has 8 nitrogen and oxygen atoms in total. The Morgan fingerprint density at radius 2 is 1.71 bits per heavy atom. The van der Waals surface area contributed by atoms with Crippen molar-refractivity contribution in [3.8, 4) is 11.5 Å². The number of amides is 2. The average molecular weight is 478 g/mol. The van der Waals surface area contributed by atoms with Crippen molar-refractivity contribution in [2.45, 2.75) is 32.7 Å². The highest BCUT2D eigenvalue weighted by molar-refractivity contribution is 5.87. The zero-order valence-electron chi connectivity index (χ0n) is 20.2. The van der Waals surface area contributed by atoms with Crippen LogP contribution in [0.1, 0.15) is 37.3 Å². The number of benzene rings is 2. The molecular formula is C27H31N3O5. The van der Waals surface area contributed by atoms with Gasteiger partial charge in [-0.1, -0.05) is 24.3 Å². The summed E-state index contributed by atoms with van der Waals surface area (Å²) in [5.74, 6) is 1.37. The van der Waals surface area contributed by atoms with Crippen LogP contribution in [0.4, 0.5) is 4.79 Å². The monoisotopic (exact) mass is 477 g/mol. The first kappa shape index (κ1) is 23.1. The molecule has 0 spiro atoms. The lowest BCUT2D eigenvalue weighted by Crippen LogP contribution is -2.50. The summed E-state index contributed by atoms with van der Waals surface area (Å²) in [6.45, 7) is 7.29. The lowest BCUT2D eigenvalue weighted by molar-refractivity contribution is -0.133. The van der Waals surface area contributed by atoms with E-state index in [9.17, 15) is 9.59 Å². The summed E-state index contributed by atoms with van der Waals surface area (Å²) in [5, 5.41) is 1.15. The Morgan fingerprint density at radius 1 is 0.971 bits per heavy atom. The minimum absolute atomic E-state index is 0.0736. The molecule has 0 saturated carbocycles. The number of para-hydroxylation sites is 1. The van der Waals surface area contributed by atoms with Gasteiger partial charge >= 0.3 is 6.09 Å². The summed E-state index contributed by atoms with van der Waals surface area (Å²) in [6, 6.07) is 14.3. The van der Waals surface area contributed by atoms with Gasteiger partial charge in [-0.2, -0.15) is 0 Å². The fourth-order valence-electron chi connectivity index (χ4n) is 5.01. The van der Waals surface area contributed by atoms with Crippen LogP contribution in [0.5, 0.6) is 11.5 Å². The molecule has 3 aromatic rings. The molecule has 2 aliphatic heterocycles. The second-order valence-electron chi connectivity index (χ2n) is 8.82. The van der Waals surface area contributed by atoms with E-state index in [-0.39, 0.29) is 24.7 Å². The number of hydrogen-bond donors (Lipinski definition) is 0. The normalized spacial score (nSPS) is 15.9. The molecule has 2 aliphatic rings. The Labute approximate surface area is 205 Å². The summed E-state index contributed by atoms with van der Waals surface area (Å²) >= 11 is 0. The van der Waals surface area contributed by atoms with Gasteiger partial charge in [-0.05, 0) is 43.2 Å². The molecule has 5 rings (SSSR count). The van der Waals surface area contributed by atoms with Gasteiger partial charge in [-0.25, -0.2) is 4.79 Å². The number of piperazine rings is 1. The van der Waals surface area contributed by atoms with E-state index in [4.69, 9.17) is 14.2 Å². The molecule has 1 fully saturated rings. The molecule has 1 aromatic heterocycles. The fraction of sp³-hybridized carbons (Fsp3) is 0.407. The number of aryl methyl sites for hydroxylation is 1. The van der Waals surface area contributed by atoms with Crippen molar-refractivity contribution >= 4 is 22.9 Å². The molecule has 1 unspecified atom stereocenters. The number of fused-ring (bicyclic) bond motifs is 2. The van der Waals surface area contributed by atoms with E-state index in [1.165, 1.54) is 0 Å². The van der Waals surface area contributed by atoms with Crippen LogP contribution in [-0.2, 0) is 16.1 Å². The van der Waals surface area contributed by atoms with Crippen molar-refractivity contribution < 1.29 is 23.8 Å². The van der Waals surface area contributed by atoms with E-state index in [1.54, 1.807) is 11.8 Å². The van der Waals surface area contributed by atoms with Crippen molar-refractivity contribution in [3.63, 3.8) is 0 Å². The van der Waals surface area contributed by atoms with Crippen LogP contribution >= 0.6 is 0 Å². The molecule has 8 heteroatoms. The van der Waals surface area contributed by atoms with Crippen LogP contribution < -0.4 is 9.47 Å². The minimum atomic E-state index is -0.315. The van der Waals surface area contributed by atoms with Gasteiger partial charge in [-0.15, -0.1) is 0 Å². The molecule has 2 aromatic carbocycles. The largest absolute Gasteiger partial charge is 0.454 e. The Balaban J connectivity index is 1.43. The van der Waals surface area contributed by atoms with Crippen molar-refractivity contribution in [1.82, 2.24) is 14.4 Å². The molecular weight excluding hydrogens is 446 g/mol. The molecule has 0 N–H and O–H groups in total. The molecule has 1 saturated heterocycles. The summed E-state index contributed by atoms with van der Waals surface area (Å²) in [4.78, 5) is 29.1. The lowest BCUT2D eigenvalue weighted by atomic mass is 9.87. The van der Waals surface area contributed by atoms with Gasteiger partial charge < -0.3 is 28.6 Å². The molecule has 0 radical (unpaired) electrons. The number of ether oxygens (including phenoxy) is 3. The number of aromatic nitrogens is 1. The number of carbonyl (C=O) groups is 2. The van der Waals surface area contributed by atoms with Crippen molar-refractivity contribution in [2.75, 3.05) is 39.6 Å². The van der Waals surface area contributed by atoms with Crippen LogP contribution in [0, 0.1) is 0 Å². The number of hydrogen-bond acceptors (Lipinski definition) is 5. The van der Waals surface area contributed by atoms with Crippen LogP contribution in [-0.4, -0.2) is 65.9 Å². The maximum atomic E-state index is 13.5.